The number of rotatable bonds is 4. The molecule has 2 rings (SSSR count). The van der Waals surface area contributed by atoms with Crippen LogP contribution in [0, 0.1) is 0 Å². The Morgan fingerprint density at radius 1 is 1.33 bits per heavy atom. The molecule has 1 heterocycles. The summed E-state index contributed by atoms with van der Waals surface area (Å²) in [4.78, 5) is 11.6. The van der Waals surface area contributed by atoms with E-state index in [0.29, 0.717) is 12.1 Å². The molecule has 21 heavy (non-hydrogen) atoms. The molecule has 0 aliphatic heterocycles. The molecule has 0 saturated carbocycles. The second-order valence-corrected chi connectivity index (χ2v) is 5.84. The van der Waals surface area contributed by atoms with Gasteiger partial charge in [0.1, 0.15) is 5.69 Å². The van der Waals surface area contributed by atoms with E-state index in [1.165, 1.54) is 0 Å². The monoisotopic (exact) mass is 287 g/mol. The summed E-state index contributed by atoms with van der Waals surface area (Å²) in [5, 5.41) is 14.1. The van der Waals surface area contributed by atoms with Crippen LogP contribution in [-0.2, 0) is 12.1 Å². The predicted molar refractivity (Wildman–Crippen MR) is 82.2 cm³/mol. The number of aromatic nitrogens is 3. The van der Waals surface area contributed by atoms with E-state index in [0.717, 1.165) is 11.4 Å². The standard InChI is InChI=1S/C15H21N5O/c1-15(2,3)20-10-13(18-19-20)9-17-12-7-5-6-11(8-12)14(21)16-4/h5-8,10,17H,9H2,1-4H3,(H,16,21). The summed E-state index contributed by atoms with van der Waals surface area (Å²) >= 11 is 0. The van der Waals surface area contributed by atoms with Crippen molar-refractivity contribution in [2.45, 2.75) is 32.9 Å². The average Bonchev–Trinajstić information content (AvgIpc) is 2.93. The molecule has 1 amide bonds. The molecule has 0 aliphatic carbocycles. The highest BCUT2D eigenvalue weighted by molar-refractivity contribution is 5.94. The minimum Gasteiger partial charge on any atom is -0.379 e. The molecule has 112 valence electrons. The maximum absolute atomic E-state index is 11.6. The molecule has 0 fully saturated rings. The van der Waals surface area contributed by atoms with Gasteiger partial charge in [0.05, 0.1) is 18.3 Å². The number of anilines is 1. The fourth-order valence-electron chi connectivity index (χ4n) is 1.81. The summed E-state index contributed by atoms with van der Waals surface area (Å²) in [6.45, 7) is 6.79. The number of carbonyl (C=O) groups excluding carboxylic acids is 1. The summed E-state index contributed by atoms with van der Waals surface area (Å²) in [5.41, 5.74) is 2.28. The Bertz CT molecular complexity index is 627. The van der Waals surface area contributed by atoms with E-state index in [-0.39, 0.29) is 11.4 Å². The van der Waals surface area contributed by atoms with Crippen molar-refractivity contribution < 1.29 is 4.79 Å². The molecule has 1 aromatic heterocycles. The Morgan fingerprint density at radius 3 is 2.71 bits per heavy atom. The van der Waals surface area contributed by atoms with Gasteiger partial charge >= 0.3 is 0 Å². The summed E-state index contributed by atoms with van der Waals surface area (Å²) in [7, 11) is 1.62. The summed E-state index contributed by atoms with van der Waals surface area (Å²) in [6.07, 6.45) is 1.93. The van der Waals surface area contributed by atoms with Crippen molar-refractivity contribution >= 4 is 11.6 Å². The fourth-order valence-corrected chi connectivity index (χ4v) is 1.81. The lowest BCUT2D eigenvalue weighted by atomic mass is 10.1. The topological polar surface area (TPSA) is 71.8 Å². The van der Waals surface area contributed by atoms with Crippen molar-refractivity contribution in [3.05, 3.63) is 41.7 Å². The molecular formula is C15H21N5O. The minimum absolute atomic E-state index is 0.0790. The minimum atomic E-state index is -0.0997. The van der Waals surface area contributed by atoms with Crippen molar-refractivity contribution in [3.8, 4) is 0 Å². The normalized spacial score (nSPS) is 11.2. The third-order valence-corrected chi connectivity index (χ3v) is 3.05. The van der Waals surface area contributed by atoms with Crippen LogP contribution in [0.5, 0.6) is 0 Å². The third-order valence-electron chi connectivity index (χ3n) is 3.05. The summed E-state index contributed by atoms with van der Waals surface area (Å²) < 4.78 is 1.84. The van der Waals surface area contributed by atoms with Gasteiger partial charge in [-0.3, -0.25) is 4.79 Å². The third kappa shape index (κ3) is 3.81. The molecule has 0 unspecified atom stereocenters. The van der Waals surface area contributed by atoms with E-state index in [1.54, 1.807) is 13.1 Å². The van der Waals surface area contributed by atoms with Crippen LogP contribution in [-0.4, -0.2) is 27.9 Å². The van der Waals surface area contributed by atoms with Crippen LogP contribution in [0.4, 0.5) is 5.69 Å². The number of amides is 1. The van der Waals surface area contributed by atoms with Gasteiger partial charge in [-0.2, -0.15) is 0 Å². The van der Waals surface area contributed by atoms with E-state index in [1.807, 2.05) is 29.1 Å². The maximum atomic E-state index is 11.6. The first-order valence-electron chi connectivity index (χ1n) is 6.88. The molecule has 6 nitrogen and oxygen atoms in total. The van der Waals surface area contributed by atoms with E-state index in [4.69, 9.17) is 0 Å². The highest BCUT2D eigenvalue weighted by Gasteiger charge is 2.14. The van der Waals surface area contributed by atoms with E-state index >= 15 is 0 Å². The van der Waals surface area contributed by atoms with E-state index < -0.39 is 0 Å². The predicted octanol–water partition coefficient (Wildman–Crippen LogP) is 2.00. The van der Waals surface area contributed by atoms with Crippen molar-refractivity contribution in [1.82, 2.24) is 20.3 Å². The molecule has 0 spiro atoms. The molecule has 2 aromatic rings. The molecule has 0 bridgehead atoms. The molecule has 0 saturated heterocycles. The summed E-state index contributed by atoms with van der Waals surface area (Å²) in [5.74, 6) is -0.0997. The van der Waals surface area contributed by atoms with Gasteiger partial charge < -0.3 is 10.6 Å². The average molecular weight is 287 g/mol. The van der Waals surface area contributed by atoms with Crippen LogP contribution < -0.4 is 10.6 Å². The van der Waals surface area contributed by atoms with Crippen molar-refractivity contribution in [2.75, 3.05) is 12.4 Å². The van der Waals surface area contributed by atoms with Gasteiger partial charge in [0.2, 0.25) is 0 Å². The van der Waals surface area contributed by atoms with Gasteiger partial charge in [0.25, 0.3) is 5.91 Å². The molecular weight excluding hydrogens is 266 g/mol. The Balaban J connectivity index is 2.03. The fraction of sp³-hybridized carbons (Fsp3) is 0.400. The second-order valence-electron chi connectivity index (χ2n) is 5.84. The Morgan fingerprint density at radius 2 is 2.10 bits per heavy atom. The van der Waals surface area contributed by atoms with Crippen LogP contribution in [0.2, 0.25) is 0 Å². The second kappa shape index (κ2) is 5.95. The van der Waals surface area contributed by atoms with Crippen molar-refractivity contribution in [2.24, 2.45) is 0 Å². The lowest BCUT2D eigenvalue weighted by Gasteiger charge is -2.17. The van der Waals surface area contributed by atoms with Gasteiger partial charge in [-0.1, -0.05) is 11.3 Å². The zero-order chi connectivity index (χ0) is 15.5. The number of nitrogens with zero attached hydrogens (tertiary/aromatic N) is 3. The first-order valence-corrected chi connectivity index (χ1v) is 6.88. The number of benzene rings is 1. The smallest absolute Gasteiger partial charge is 0.251 e. The Hall–Kier alpha value is -2.37. The van der Waals surface area contributed by atoms with Gasteiger partial charge in [-0.05, 0) is 39.0 Å². The van der Waals surface area contributed by atoms with Gasteiger partial charge in [0, 0.05) is 18.3 Å². The summed E-state index contributed by atoms with van der Waals surface area (Å²) in [6, 6.07) is 7.35. The largest absolute Gasteiger partial charge is 0.379 e. The zero-order valence-electron chi connectivity index (χ0n) is 12.8. The van der Waals surface area contributed by atoms with Crippen molar-refractivity contribution in [3.63, 3.8) is 0 Å². The zero-order valence-corrected chi connectivity index (χ0v) is 12.8. The van der Waals surface area contributed by atoms with Gasteiger partial charge in [-0.25, -0.2) is 4.68 Å². The van der Waals surface area contributed by atoms with Crippen LogP contribution in [0.25, 0.3) is 0 Å². The molecule has 6 heteroatoms. The maximum Gasteiger partial charge on any atom is 0.251 e. The number of nitrogens with one attached hydrogen (secondary N) is 2. The van der Waals surface area contributed by atoms with Crippen molar-refractivity contribution in [1.29, 1.82) is 0 Å². The molecule has 0 radical (unpaired) electrons. The Kier molecular flexibility index (Phi) is 4.26. The van der Waals surface area contributed by atoms with E-state index in [2.05, 4.69) is 41.7 Å². The van der Waals surface area contributed by atoms with Crippen LogP contribution in [0.15, 0.2) is 30.5 Å². The van der Waals surface area contributed by atoms with Gasteiger partial charge in [0.15, 0.2) is 0 Å². The number of hydrogen-bond acceptors (Lipinski definition) is 4. The lowest BCUT2D eigenvalue weighted by Crippen LogP contribution is -2.22. The quantitative estimate of drug-likeness (QED) is 0.902. The van der Waals surface area contributed by atoms with Crippen LogP contribution in [0.1, 0.15) is 36.8 Å². The van der Waals surface area contributed by atoms with E-state index in [9.17, 15) is 4.79 Å². The molecule has 1 aromatic carbocycles. The van der Waals surface area contributed by atoms with Crippen LogP contribution >= 0.6 is 0 Å². The highest BCUT2D eigenvalue weighted by atomic mass is 16.1. The molecule has 2 N–H and O–H groups in total. The lowest BCUT2D eigenvalue weighted by molar-refractivity contribution is 0.0963. The molecule has 0 atom stereocenters. The SMILES string of the molecule is CNC(=O)c1cccc(NCc2cn(C(C)(C)C)nn2)c1. The number of hydrogen-bond donors (Lipinski definition) is 2. The first-order chi connectivity index (χ1) is 9.90. The highest BCUT2D eigenvalue weighted by Crippen LogP contribution is 2.14. The molecule has 0 aliphatic rings. The van der Waals surface area contributed by atoms with Gasteiger partial charge in [-0.15, -0.1) is 5.10 Å². The number of carbonyl (C=O) groups is 1. The van der Waals surface area contributed by atoms with Crippen LogP contribution in [0.3, 0.4) is 0 Å². The Labute approximate surface area is 124 Å². The first kappa shape index (κ1) is 15.0.